The molecule has 2 unspecified atom stereocenters. The van der Waals surface area contributed by atoms with Crippen molar-refractivity contribution in [2.45, 2.75) is 450 Å². The first kappa shape index (κ1) is 95.0. The molecule has 2 atom stereocenters. The van der Waals surface area contributed by atoms with Gasteiger partial charge in [0.25, 0.3) is 0 Å². The van der Waals surface area contributed by atoms with Gasteiger partial charge in [-0.15, -0.1) is 0 Å². The van der Waals surface area contributed by atoms with Gasteiger partial charge in [-0.3, -0.25) is 18.6 Å². The third-order valence-electron chi connectivity index (χ3n) is 19.6. The molecule has 0 bridgehead atoms. The number of unbranched alkanes of at least 4 members (excludes halogenated alkanes) is 59. The van der Waals surface area contributed by atoms with E-state index < -0.39 is 26.5 Å². The summed E-state index contributed by atoms with van der Waals surface area (Å²) in [6, 6.07) is 0. The molecule has 0 aliphatic heterocycles. The average Bonchev–Trinajstić information content (AvgIpc) is 1.69. The van der Waals surface area contributed by atoms with E-state index in [0.717, 1.165) is 64.2 Å². The summed E-state index contributed by atoms with van der Waals surface area (Å²) in [6.45, 7) is 4.41. The molecular formula is C87H167NO8P+. The van der Waals surface area contributed by atoms with Crippen LogP contribution in [-0.2, 0) is 32.7 Å². The van der Waals surface area contributed by atoms with Gasteiger partial charge in [0.05, 0.1) is 27.7 Å². The van der Waals surface area contributed by atoms with Gasteiger partial charge in [-0.25, -0.2) is 4.57 Å². The topological polar surface area (TPSA) is 108 Å². The molecule has 97 heavy (non-hydrogen) atoms. The molecule has 0 aliphatic carbocycles. The Hall–Kier alpha value is -2.03. The highest BCUT2D eigenvalue weighted by molar-refractivity contribution is 7.47. The molecule has 0 aliphatic rings. The van der Waals surface area contributed by atoms with Crippen LogP contribution in [0, 0.1) is 0 Å². The Labute approximate surface area is 604 Å². The van der Waals surface area contributed by atoms with Crippen LogP contribution in [0.5, 0.6) is 0 Å². The maximum atomic E-state index is 12.9. The summed E-state index contributed by atoms with van der Waals surface area (Å²) in [5.74, 6) is -0.768. The predicted molar refractivity (Wildman–Crippen MR) is 423 cm³/mol. The molecule has 0 heterocycles. The van der Waals surface area contributed by atoms with Crippen LogP contribution in [-0.4, -0.2) is 74.9 Å². The van der Waals surface area contributed by atoms with Gasteiger partial charge in [0.1, 0.15) is 19.8 Å². The molecule has 0 aromatic heterocycles. The summed E-state index contributed by atoms with van der Waals surface area (Å²) in [7, 11) is 1.51. The van der Waals surface area contributed by atoms with E-state index in [0.29, 0.717) is 17.4 Å². The van der Waals surface area contributed by atoms with Crippen molar-refractivity contribution >= 4 is 19.8 Å². The lowest BCUT2D eigenvalue weighted by molar-refractivity contribution is -0.870. The highest BCUT2D eigenvalue weighted by Gasteiger charge is 2.27. The first-order chi connectivity index (χ1) is 47.5. The summed E-state index contributed by atoms with van der Waals surface area (Å²) >= 11 is 0. The summed E-state index contributed by atoms with van der Waals surface area (Å²) in [5, 5.41) is 0. The SMILES string of the molecule is CC/C=C\C/C=C\C/C=C\C/C=C\CCCCCCCCCCCCCCCCCCCCCCCCCCCCCCC(=O)OC(COC(=O)CCCCCCCCCCCCCCCCCCCCCCCCCCCCCCCCCC)COP(=O)(O)OCC[N+](C)(C)C. The van der Waals surface area contributed by atoms with E-state index >= 15 is 0 Å². The second kappa shape index (κ2) is 78.1. The zero-order chi connectivity index (χ0) is 70.4. The fourth-order valence-corrected chi connectivity index (χ4v) is 13.9. The average molecular weight is 1390 g/mol. The number of carbonyl (C=O) groups is 2. The number of esters is 2. The fourth-order valence-electron chi connectivity index (χ4n) is 13.1. The van der Waals surface area contributed by atoms with Crippen LogP contribution < -0.4 is 0 Å². The lowest BCUT2D eigenvalue weighted by Crippen LogP contribution is -2.37. The Morgan fingerprint density at radius 2 is 0.588 bits per heavy atom. The quantitative estimate of drug-likeness (QED) is 0.0211. The van der Waals surface area contributed by atoms with Crippen molar-refractivity contribution in [1.82, 2.24) is 0 Å². The molecule has 0 fully saturated rings. The van der Waals surface area contributed by atoms with Crippen molar-refractivity contribution in [2.75, 3.05) is 47.5 Å². The largest absolute Gasteiger partial charge is 0.472 e. The fraction of sp³-hybridized carbons (Fsp3) is 0.885. The maximum absolute atomic E-state index is 12.9. The minimum absolute atomic E-state index is 0.0358. The van der Waals surface area contributed by atoms with E-state index in [1.165, 1.54) is 353 Å². The number of carbonyl (C=O) groups excluding carboxylic acids is 2. The van der Waals surface area contributed by atoms with Gasteiger partial charge in [0.15, 0.2) is 6.10 Å². The number of hydrogen-bond donors (Lipinski definition) is 1. The minimum atomic E-state index is -4.39. The lowest BCUT2D eigenvalue weighted by Gasteiger charge is -2.24. The normalized spacial score (nSPS) is 13.2. The Kier molecular flexibility index (Phi) is 76.5. The van der Waals surface area contributed by atoms with Crippen LogP contribution >= 0.6 is 7.82 Å². The van der Waals surface area contributed by atoms with Gasteiger partial charge in [0.2, 0.25) is 0 Å². The smallest absolute Gasteiger partial charge is 0.462 e. The number of nitrogens with zero attached hydrogens (tertiary/aromatic N) is 1. The molecule has 0 saturated carbocycles. The molecule has 0 aromatic carbocycles. The number of likely N-dealkylation sites (N-methyl/N-ethyl adjacent to an activating group) is 1. The molecule has 0 rings (SSSR count). The lowest BCUT2D eigenvalue weighted by atomic mass is 10.0. The van der Waals surface area contributed by atoms with E-state index in [9.17, 15) is 19.0 Å². The molecule has 9 nitrogen and oxygen atoms in total. The van der Waals surface area contributed by atoms with Crippen molar-refractivity contribution < 1.29 is 42.1 Å². The van der Waals surface area contributed by atoms with E-state index in [4.69, 9.17) is 18.5 Å². The van der Waals surface area contributed by atoms with Crippen LogP contribution in [0.1, 0.15) is 444 Å². The number of hydrogen-bond acceptors (Lipinski definition) is 7. The number of phosphoric ester groups is 1. The van der Waals surface area contributed by atoms with Gasteiger partial charge >= 0.3 is 19.8 Å². The molecule has 1 N–H and O–H groups in total. The van der Waals surface area contributed by atoms with Gasteiger partial charge in [-0.2, -0.15) is 0 Å². The monoisotopic (exact) mass is 1390 g/mol. The Balaban J connectivity index is 3.85. The summed E-state index contributed by atoms with van der Waals surface area (Å²) in [4.78, 5) is 36.0. The second-order valence-electron chi connectivity index (χ2n) is 30.6. The van der Waals surface area contributed by atoms with Gasteiger partial charge < -0.3 is 18.9 Å². The maximum Gasteiger partial charge on any atom is 0.472 e. The predicted octanol–water partition coefficient (Wildman–Crippen LogP) is 28.7. The first-order valence-corrected chi connectivity index (χ1v) is 44.4. The zero-order valence-corrected chi connectivity index (χ0v) is 66.5. The van der Waals surface area contributed by atoms with Crippen LogP contribution in [0.2, 0.25) is 0 Å². The molecule has 0 saturated heterocycles. The summed E-state index contributed by atoms with van der Waals surface area (Å²) in [5.41, 5.74) is 0. The standard InChI is InChI=1S/C87H166NO8P/c1-6-8-10-12-14-16-18-20-22-24-26-28-30-32-34-36-38-40-41-42-43-44-45-46-47-48-50-52-54-56-58-60-62-64-66-68-70-72-74-76-78-80-87(90)96-85(84-95-97(91,92)94-82-81-88(3,4)5)83-93-86(89)79-77-75-73-71-69-67-65-63-61-59-57-55-53-51-49-39-37-35-33-31-29-27-25-23-21-19-17-15-13-11-9-7-2/h8,10,14,16,20,22,26,28,85H,6-7,9,11-13,15,17-19,21,23-25,27,29-84H2,1-5H3/p+1/b10-8-,16-14-,22-20-,28-26-. The molecule has 572 valence electrons. The number of quaternary nitrogens is 1. The summed E-state index contributed by atoms with van der Waals surface area (Å²) in [6.07, 6.45) is 104. The van der Waals surface area contributed by atoms with E-state index in [-0.39, 0.29) is 25.6 Å². The molecule has 0 aromatic rings. The van der Waals surface area contributed by atoms with Gasteiger partial charge in [-0.1, -0.05) is 428 Å². The Bertz CT molecular complexity index is 1770. The van der Waals surface area contributed by atoms with Crippen LogP contribution in [0.4, 0.5) is 0 Å². The number of allylic oxidation sites excluding steroid dienone is 8. The van der Waals surface area contributed by atoms with Gasteiger partial charge in [0, 0.05) is 12.8 Å². The van der Waals surface area contributed by atoms with Crippen molar-refractivity contribution in [3.05, 3.63) is 48.6 Å². The first-order valence-electron chi connectivity index (χ1n) is 42.9. The zero-order valence-electron chi connectivity index (χ0n) is 65.6. The van der Waals surface area contributed by atoms with Crippen molar-refractivity contribution in [2.24, 2.45) is 0 Å². The highest BCUT2D eigenvalue weighted by atomic mass is 31.2. The van der Waals surface area contributed by atoms with Crippen molar-refractivity contribution in [1.29, 1.82) is 0 Å². The molecule has 10 heteroatoms. The summed E-state index contributed by atoms with van der Waals surface area (Å²) < 4.78 is 34.9. The van der Waals surface area contributed by atoms with Gasteiger partial charge in [-0.05, 0) is 51.4 Å². The number of phosphoric acid groups is 1. The Morgan fingerprint density at radius 3 is 0.876 bits per heavy atom. The number of rotatable bonds is 81. The van der Waals surface area contributed by atoms with Crippen molar-refractivity contribution in [3.8, 4) is 0 Å². The highest BCUT2D eigenvalue weighted by Crippen LogP contribution is 2.43. The van der Waals surface area contributed by atoms with Crippen molar-refractivity contribution in [3.63, 3.8) is 0 Å². The molecule has 0 radical (unpaired) electrons. The van der Waals surface area contributed by atoms with E-state index in [2.05, 4.69) is 62.5 Å². The van der Waals surface area contributed by atoms with Crippen LogP contribution in [0.15, 0.2) is 48.6 Å². The third-order valence-corrected chi connectivity index (χ3v) is 20.6. The molecular weight excluding hydrogens is 1220 g/mol. The molecule has 0 amide bonds. The van der Waals surface area contributed by atoms with Crippen LogP contribution in [0.3, 0.4) is 0 Å². The third kappa shape index (κ3) is 82.8. The van der Waals surface area contributed by atoms with E-state index in [1.807, 2.05) is 21.1 Å². The second-order valence-corrected chi connectivity index (χ2v) is 32.0. The minimum Gasteiger partial charge on any atom is -0.462 e. The van der Waals surface area contributed by atoms with E-state index in [1.54, 1.807) is 0 Å². The Morgan fingerprint density at radius 1 is 0.330 bits per heavy atom. The van der Waals surface area contributed by atoms with Crippen LogP contribution in [0.25, 0.3) is 0 Å². The number of ether oxygens (including phenoxy) is 2. The molecule has 0 spiro atoms.